The molecular formula is C12H10N4OS2. The van der Waals surface area contributed by atoms with Crippen molar-refractivity contribution >= 4 is 33.7 Å². The fraction of sp³-hybridized carbons (Fsp3) is 0.0833. The largest absolute Gasteiger partial charge is 0.298 e. The minimum Gasteiger partial charge on any atom is -0.298 e. The number of anilines is 1. The first-order chi connectivity index (χ1) is 9.22. The molecule has 0 atom stereocenters. The Morgan fingerprint density at radius 1 is 1.42 bits per heavy atom. The predicted octanol–water partition coefficient (Wildman–Crippen LogP) is 2.86. The van der Waals surface area contributed by atoms with E-state index in [2.05, 4.69) is 15.4 Å². The molecule has 7 heteroatoms. The van der Waals surface area contributed by atoms with E-state index in [1.165, 1.54) is 17.5 Å². The highest BCUT2D eigenvalue weighted by Gasteiger charge is 2.11. The van der Waals surface area contributed by atoms with Crippen molar-refractivity contribution in [3.8, 4) is 10.6 Å². The van der Waals surface area contributed by atoms with Gasteiger partial charge in [-0.15, -0.1) is 22.7 Å². The Bertz CT molecular complexity index is 699. The van der Waals surface area contributed by atoms with Crippen molar-refractivity contribution in [2.24, 2.45) is 7.05 Å². The van der Waals surface area contributed by atoms with E-state index in [9.17, 15) is 4.79 Å². The lowest BCUT2D eigenvalue weighted by atomic mass is 10.3. The maximum Gasteiger partial charge on any atom is 0.260 e. The smallest absolute Gasteiger partial charge is 0.260 e. The molecule has 3 rings (SSSR count). The summed E-state index contributed by atoms with van der Waals surface area (Å²) in [5, 5.41) is 11.3. The van der Waals surface area contributed by atoms with E-state index in [-0.39, 0.29) is 5.91 Å². The van der Waals surface area contributed by atoms with Gasteiger partial charge in [0.1, 0.15) is 0 Å². The minimum absolute atomic E-state index is 0.194. The quantitative estimate of drug-likeness (QED) is 0.807. The first kappa shape index (κ1) is 12.1. The number of aromatic nitrogens is 3. The van der Waals surface area contributed by atoms with E-state index in [4.69, 9.17) is 0 Å². The molecule has 0 aromatic carbocycles. The molecule has 1 amide bonds. The van der Waals surface area contributed by atoms with Crippen molar-refractivity contribution in [3.05, 3.63) is 40.8 Å². The highest BCUT2D eigenvalue weighted by atomic mass is 32.1. The molecule has 0 fully saturated rings. The zero-order chi connectivity index (χ0) is 13.2. The number of hydrogen-bond donors (Lipinski definition) is 1. The Morgan fingerprint density at radius 2 is 2.32 bits per heavy atom. The number of nitrogens with zero attached hydrogens (tertiary/aromatic N) is 3. The van der Waals surface area contributed by atoms with Gasteiger partial charge in [0.25, 0.3) is 5.91 Å². The van der Waals surface area contributed by atoms with Crippen molar-refractivity contribution in [1.82, 2.24) is 14.8 Å². The molecule has 96 valence electrons. The van der Waals surface area contributed by atoms with Crippen LogP contribution in [0.2, 0.25) is 0 Å². The second kappa shape index (κ2) is 4.94. The third-order valence-corrected chi connectivity index (χ3v) is 4.12. The van der Waals surface area contributed by atoms with Crippen LogP contribution in [0.15, 0.2) is 35.3 Å². The molecule has 0 bridgehead atoms. The minimum atomic E-state index is -0.194. The molecule has 0 aliphatic rings. The summed E-state index contributed by atoms with van der Waals surface area (Å²) in [4.78, 5) is 17.4. The van der Waals surface area contributed by atoms with Crippen molar-refractivity contribution < 1.29 is 4.79 Å². The molecule has 0 unspecified atom stereocenters. The number of hydrogen-bond acceptors (Lipinski definition) is 5. The maximum absolute atomic E-state index is 11.9. The summed E-state index contributed by atoms with van der Waals surface area (Å²) in [6.07, 6.45) is 3.20. The molecule has 19 heavy (non-hydrogen) atoms. The summed E-state index contributed by atoms with van der Waals surface area (Å²) in [6.45, 7) is 0. The van der Waals surface area contributed by atoms with Gasteiger partial charge in [0, 0.05) is 18.6 Å². The van der Waals surface area contributed by atoms with Gasteiger partial charge >= 0.3 is 0 Å². The van der Waals surface area contributed by atoms with E-state index in [1.54, 1.807) is 29.3 Å². The Balaban J connectivity index is 1.76. The first-order valence-electron chi connectivity index (χ1n) is 5.52. The molecule has 0 saturated carbocycles. The van der Waals surface area contributed by atoms with Crippen LogP contribution >= 0.6 is 22.7 Å². The lowest BCUT2D eigenvalue weighted by Gasteiger charge is -1.97. The summed E-state index contributed by atoms with van der Waals surface area (Å²) in [7, 11) is 1.77. The van der Waals surface area contributed by atoms with Crippen LogP contribution in [0.25, 0.3) is 10.6 Å². The Morgan fingerprint density at radius 3 is 3.00 bits per heavy atom. The molecule has 0 saturated heterocycles. The van der Waals surface area contributed by atoms with E-state index >= 15 is 0 Å². The molecule has 3 aromatic rings. The normalized spacial score (nSPS) is 10.6. The average Bonchev–Trinajstić information content (AvgIpc) is 3.07. The lowest BCUT2D eigenvalue weighted by Crippen LogP contribution is -2.10. The zero-order valence-electron chi connectivity index (χ0n) is 10.0. The molecule has 0 spiro atoms. The predicted molar refractivity (Wildman–Crippen MR) is 76.6 cm³/mol. The number of rotatable bonds is 3. The van der Waals surface area contributed by atoms with Gasteiger partial charge in [0.15, 0.2) is 5.13 Å². The summed E-state index contributed by atoms with van der Waals surface area (Å²) < 4.78 is 1.59. The number of carbonyl (C=O) groups is 1. The maximum atomic E-state index is 11.9. The van der Waals surface area contributed by atoms with E-state index < -0.39 is 0 Å². The Kier molecular flexibility index (Phi) is 3.14. The van der Waals surface area contributed by atoms with Crippen LogP contribution in [0.5, 0.6) is 0 Å². The Labute approximate surface area is 117 Å². The van der Waals surface area contributed by atoms with Crippen LogP contribution in [0.3, 0.4) is 0 Å². The molecule has 5 nitrogen and oxygen atoms in total. The molecule has 1 N–H and O–H groups in total. The van der Waals surface area contributed by atoms with Gasteiger partial charge in [-0.2, -0.15) is 5.10 Å². The van der Waals surface area contributed by atoms with E-state index in [1.807, 2.05) is 22.9 Å². The van der Waals surface area contributed by atoms with Gasteiger partial charge in [-0.1, -0.05) is 6.07 Å². The van der Waals surface area contributed by atoms with Crippen LogP contribution < -0.4 is 5.32 Å². The highest BCUT2D eigenvalue weighted by molar-refractivity contribution is 7.16. The summed E-state index contributed by atoms with van der Waals surface area (Å²) in [5.74, 6) is -0.194. The molecular weight excluding hydrogens is 280 g/mol. The van der Waals surface area contributed by atoms with Crippen molar-refractivity contribution in [1.29, 1.82) is 0 Å². The summed E-state index contributed by atoms with van der Waals surface area (Å²) in [6, 6.07) is 3.99. The summed E-state index contributed by atoms with van der Waals surface area (Å²) >= 11 is 3.04. The van der Waals surface area contributed by atoms with Gasteiger partial charge in [-0.05, 0) is 11.4 Å². The van der Waals surface area contributed by atoms with Gasteiger partial charge in [0.05, 0.1) is 22.3 Å². The fourth-order valence-electron chi connectivity index (χ4n) is 1.58. The summed E-state index contributed by atoms with van der Waals surface area (Å²) in [5.41, 5.74) is 1.41. The van der Waals surface area contributed by atoms with Gasteiger partial charge < -0.3 is 0 Å². The van der Waals surface area contributed by atoms with Crippen LogP contribution in [-0.4, -0.2) is 20.7 Å². The number of aryl methyl sites for hydroxylation is 1. The second-order valence-corrected chi connectivity index (χ2v) is 5.68. The highest BCUT2D eigenvalue weighted by Crippen LogP contribution is 2.28. The molecule has 3 aromatic heterocycles. The third-order valence-electron chi connectivity index (χ3n) is 2.47. The van der Waals surface area contributed by atoms with Crippen molar-refractivity contribution in [2.75, 3.05) is 5.32 Å². The Hall–Kier alpha value is -1.99. The number of carbonyl (C=O) groups excluding carboxylic acids is 1. The average molecular weight is 290 g/mol. The molecule has 0 radical (unpaired) electrons. The van der Waals surface area contributed by atoms with E-state index in [0.29, 0.717) is 10.7 Å². The van der Waals surface area contributed by atoms with Gasteiger partial charge in [-0.25, -0.2) is 4.98 Å². The van der Waals surface area contributed by atoms with Crippen LogP contribution in [0, 0.1) is 0 Å². The topological polar surface area (TPSA) is 59.8 Å². The molecule has 0 aliphatic carbocycles. The number of thiazole rings is 1. The third kappa shape index (κ3) is 2.56. The first-order valence-corrected chi connectivity index (χ1v) is 7.28. The van der Waals surface area contributed by atoms with Gasteiger partial charge in [-0.3, -0.25) is 14.8 Å². The van der Waals surface area contributed by atoms with Crippen molar-refractivity contribution in [2.45, 2.75) is 0 Å². The van der Waals surface area contributed by atoms with Gasteiger partial charge in [0.2, 0.25) is 0 Å². The van der Waals surface area contributed by atoms with Crippen LogP contribution in [-0.2, 0) is 7.05 Å². The number of thiophene rings is 1. The SMILES string of the molecule is Cn1cc(C(=O)Nc2nc(-c3cccs3)cs2)cn1. The lowest BCUT2D eigenvalue weighted by molar-refractivity contribution is 0.102. The monoisotopic (exact) mass is 290 g/mol. The van der Waals surface area contributed by atoms with Crippen LogP contribution in [0.4, 0.5) is 5.13 Å². The zero-order valence-corrected chi connectivity index (χ0v) is 11.7. The second-order valence-electron chi connectivity index (χ2n) is 3.87. The standard InChI is InChI=1S/C12H10N4OS2/c1-16-6-8(5-13-16)11(17)15-12-14-9(7-19-12)10-3-2-4-18-10/h2-7H,1H3,(H,14,15,17). The molecule has 0 aliphatic heterocycles. The van der Waals surface area contributed by atoms with Crippen LogP contribution in [0.1, 0.15) is 10.4 Å². The number of nitrogens with one attached hydrogen (secondary N) is 1. The van der Waals surface area contributed by atoms with Crippen molar-refractivity contribution in [3.63, 3.8) is 0 Å². The number of amides is 1. The van der Waals surface area contributed by atoms with E-state index in [0.717, 1.165) is 10.6 Å². The molecule has 3 heterocycles. The fourth-order valence-corrected chi connectivity index (χ4v) is 3.04.